The van der Waals surface area contributed by atoms with Gasteiger partial charge in [0.05, 0.1) is 5.69 Å². The van der Waals surface area contributed by atoms with Crippen LogP contribution in [0.25, 0.3) is 5.69 Å². The highest BCUT2D eigenvalue weighted by Crippen LogP contribution is 2.17. The summed E-state index contributed by atoms with van der Waals surface area (Å²) in [5.41, 5.74) is 0.185. The molecule has 0 atom stereocenters. The average Bonchev–Trinajstić information content (AvgIpc) is 2.97. The Morgan fingerprint density at radius 1 is 1.26 bits per heavy atom. The van der Waals surface area contributed by atoms with E-state index >= 15 is 0 Å². The monoisotopic (exact) mass is 317 g/mol. The molecule has 2 aromatic rings. The number of ether oxygens (including phenoxy) is 2. The number of esters is 1. The number of carbonyl (C=O) groups is 2. The first kappa shape index (κ1) is 16.7. The largest absolute Gasteiger partial charge is 0.466 e. The van der Waals surface area contributed by atoms with Gasteiger partial charge in [-0.2, -0.15) is 5.10 Å². The van der Waals surface area contributed by atoms with Crippen molar-refractivity contribution in [1.82, 2.24) is 14.8 Å². The zero-order valence-electron chi connectivity index (χ0n) is 13.6. The Balaban J connectivity index is 2.14. The van der Waals surface area contributed by atoms with Crippen molar-refractivity contribution in [3.63, 3.8) is 0 Å². The van der Waals surface area contributed by atoms with Crippen LogP contribution in [-0.4, -0.2) is 38.7 Å². The lowest BCUT2D eigenvalue weighted by Crippen LogP contribution is -2.27. The summed E-state index contributed by atoms with van der Waals surface area (Å²) in [7, 11) is 0. The number of rotatable bonds is 5. The molecule has 0 aliphatic rings. The SMILES string of the molecule is CC(=O)c1nc(OCC(=O)OC(C)(C)C)ccc1-n1cccn1. The van der Waals surface area contributed by atoms with E-state index in [9.17, 15) is 9.59 Å². The third-order valence-electron chi connectivity index (χ3n) is 2.69. The minimum atomic E-state index is -0.581. The van der Waals surface area contributed by atoms with E-state index in [1.54, 1.807) is 56.0 Å². The molecule has 2 aromatic heterocycles. The molecule has 0 radical (unpaired) electrons. The molecule has 0 saturated heterocycles. The Bertz CT molecular complexity index is 703. The Labute approximate surface area is 134 Å². The van der Waals surface area contributed by atoms with Crippen molar-refractivity contribution in [3.8, 4) is 11.6 Å². The van der Waals surface area contributed by atoms with Gasteiger partial charge in [0.25, 0.3) is 0 Å². The Kier molecular flexibility index (Phi) is 4.78. The molecule has 2 heterocycles. The molecule has 0 aromatic carbocycles. The fourth-order valence-electron chi connectivity index (χ4n) is 1.87. The van der Waals surface area contributed by atoms with Crippen LogP contribution in [0, 0.1) is 0 Å². The van der Waals surface area contributed by atoms with Crippen LogP contribution in [0.3, 0.4) is 0 Å². The van der Waals surface area contributed by atoms with E-state index in [1.807, 2.05) is 0 Å². The molecule has 0 unspecified atom stereocenters. The van der Waals surface area contributed by atoms with Gasteiger partial charge < -0.3 is 9.47 Å². The van der Waals surface area contributed by atoms with Gasteiger partial charge in [0, 0.05) is 25.4 Å². The highest BCUT2D eigenvalue weighted by molar-refractivity contribution is 5.95. The summed E-state index contributed by atoms with van der Waals surface area (Å²) in [6.45, 7) is 6.46. The van der Waals surface area contributed by atoms with Gasteiger partial charge in [-0.3, -0.25) is 4.79 Å². The fraction of sp³-hybridized carbons (Fsp3) is 0.375. The number of hydrogen-bond acceptors (Lipinski definition) is 6. The van der Waals surface area contributed by atoms with Gasteiger partial charge >= 0.3 is 5.97 Å². The van der Waals surface area contributed by atoms with Crippen molar-refractivity contribution < 1.29 is 19.1 Å². The quantitative estimate of drug-likeness (QED) is 0.621. The molecule has 7 nitrogen and oxygen atoms in total. The van der Waals surface area contributed by atoms with Crippen molar-refractivity contribution in [2.24, 2.45) is 0 Å². The van der Waals surface area contributed by atoms with Crippen molar-refractivity contribution >= 4 is 11.8 Å². The van der Waals surface area contributed by atoms with Gasteiger partial charge in [-0.15, -0.1) is 0 Å². The third-order valence-corrected chi connectivity index (χ3v) is 2.69. The fourth-order valence-corrected chi connectivity index (χ4v) is 1.87. The lowest BCUT2D eigenvalue weighted by molar-refractivity contribution is -0.157. The summed E-state index contributed by atoms with van der Waals surface area (Å²) in [5, 5.41) is 4.08. The van der Waals surface area contributed by atoms with Crippen molar-refractivity contribution in [2.75, 3.05) is 6.61 Å². The first-order valence-corrected chi connectivity index (χ1v) is 7.13. The van der Waals surface area contributed by atoms with E-state index in [-0.39, 0.29) is 24.0 Å². The predicted molar refractivity (Wildman–Crippen MR) is 82.7 cm³/mol. The van der Waals surface area contributed by atoms with E-state index < -0.39 is 11.6 Å². The summed E-state index contributed by atoms with van der Waals surface area (Å²) in [6, 6.07) is 4.99. The molecule has 122 valence electrons. The van der Waals surface area contributed by atoms with Crippen molar-refractivity contribution in [1.29, 1.82) is 0 Å². The molecule has 0 spiro atoms. The second-order valence-electron chi connectivity index (χ2n) is 5.90. The van der Waals surface area contributed by atoms with Gasteiger partial charge in [-0.05, 0) is 32.9 Å². The van der Waals surface area contributed by atoms with Crippen molar-refractivity contribution in [2.45, 2.75) is 33.3 Å². The Morgan fingerprint density at radius 3 is 2.57 bits per heavy atom. The third kappa shape index (κ3) is 4.64. The maximum Gasteiger partial charge on any atom is 0.344 e. The number of Topliss-reactive ketones (excluding diaryl/α,β-unsaturated/α-hetero) is 1. The van der Waals surface area contributed by atoms with Crippen LogP contribution in [-0.2, 0) is 9.53 Å². The van der Waals surface area contributed by atoms with Crippen LogP contribution in [0.15, 0.2) is 30.6 Å². The van der Waals surface area contributed by atoms with Gasteiger partial charge in [0.1, 0.15) is 11.3 Å². The number of aromatic nitrogens is 3. The molecule has 0 aliphatic heterocycles. The molecular formula is C16H19N3O4. The molecule has 2 rings (SSSR count). The number of carbonyl (C=O) groups excluding carboxylic acids is 2. The summed E-state index contributed by atoms with van der Waals surface area (Å²) in [4.78, 5) is 27.6. The molecule has 0 amide bonds. The highest BCUT2D eigenvalue weighted by atomic mass is 16.6. The van der Waals surface area contributed by atoms with E-state index in [0.717, 1.165) is 0 Å². The normalized spacial score (nSPS) is 11.1. The average molecular weight is 317 g/mol. The minimum absolute atomic E-state index is 0.178. The van der Waals surface area contributed by atoms with E-state index in [2.05, 4.69) is 10.1 Å². The Hall–Kier alpha value is -2.70. The number of nitrogens with zero attached hydrogens (tertiary/aromatic N) is 3. The molecule has 0 fully saturated rings. The minimum Gasteiger partial charge on any atom is -0.466 e. The summed E-state index contributed by atoms with van der Waals surface area (Å²) in [6.07, 6.45) is 3.32. The molecular weight excluding hydrogens is 298 g/mol. The van der Waals surface area contributed by atoms with Crippen LogP contribution >= 0.6 is 0 Å². The second-order valence-corrected chi connectivity index (χ2v) is 5.90. The second kappa shape index (κ2) is 6.60. The van der Waals surface area contributed by atoms with Gasteiger partial charge in [0.15, 0.2) is 12.4 Å². The standard InChI is InChI=1S/C16H19N3O4/c1-11(20)15-12(19-9-5-8-17-19)6-7-13(18-15)22-10-14(21)23-16(2,3)4/h5-9H,10H2,1-4H3. The van der Waals surface area contributed by atoms with Gasteiger partial charge in [-0.25, -0.2) is 14.5 Å². The zero-order valence-corrected chi connectivity index (χ0v) is 13.6. The number of ketones is 1. The smallest absolute Gasteiger partial charge is 0.344 e. The summed E-state index contributed by atoms with van der Waals surface area (Å²) < 4.78 is 12.0. The van der Waals surface area contributed by atoms with Crippen molar-refractivity contribution in [3.05, 3.63) is 36.3 Å². The first-order valence-electron chi connectivity index (χ1n) is 7.13. The van der Waals surface area contributed by atoms with E-state index in [0.29, 0.717) is 5.69 Å². The maximum absolute atomic E-state index is 11.8. The van der Waals surface area contributed by atoms with E-state index in [1.165, 1.54) is 6.92 Å². The summed E-state index contributed by atoms with van der Waals surface area (Å²) in [5.74, 6) is -0.546. The zero-order chi connectivity index (χ0) is 17.0. The lowest BCUT2D eigenvalue weighted by atomic mass is 10.2. The first-order chi connectivity index (χ1) is 10.8. The van der Waals surface area contributed by atoms with Crippen LogP contribution in [0.5, 0.6) is 5.88 Å². The van der Waals surface area contributed by atoms with Crippen LogP contribution in [0.1, 0.15) is 38.2 Å². The van der Waals surface area contributed by atoms with Crippen LogP contribution in [0.2, 0.25) is 0 Å². The Morgan fingerprint density at radius 2 is 2.00 bits per heavy atom. The van der Waals surface area contributed by atoms with Gasteiger partial charge in [0.2, 0.25) is 5.88 Å². The van der Waals surface area contributed by atoms with Gasteiger partial charge in [-0.1, -0.05) is 0 Å². The summed E-state index contributed by atoms with van der Waals surface area (Å²) >= 11 is 0. The van der Waals surface area contributed by atoms with E-state index in [4.69, 9.17) is 9.47 Å². The molecule has 23 heavy (non-hydrogen) atoms. The molecule has 0 saturated carbocycles. The highest BCUT2D eigenvalue weighted by Gasteiger charge is 2.18. The number of hydrogen-bond donors (Lipinski definition) is 0. The lowest BCUT2D eigenvalue weighted by Gasteiger charge is -2.19. The predicted octanol–water partition coefficient (Wildman–Crippen LogP) is 2.19. The molecule has 0 bridgehead atoms. The molecule has 7 heteroatoms. The molecule has 0 N–H and O–H groups in total. The van der Waals surface area contributed by atoms with Crippen LogP contribution in [0.4, 0.5) is 0 Å². The number of pyridine rings is 1. The van der Waals surface area contributed by atoms with Crippen LogP contribution < -0.4 is 4.74 Å². The topological polar surface area (TPSA) is 83.3 Å². The maximum atomic E-state index is 11.8. The molecule has 0 aliphatic carbocycles.